The van der Waals surface area contributed by atoms with E-state index in [-0.39, 0.29) is 0 Å². The van der Waals surface area contributed by atoms with Gasteiger partial charge in [-0.3, -0.25) is 4.90 Å². The monoisotopic (exact) mass is 469 g/mol. The summed E-state index contributed by atoms with van der Waals surface area (Å²) < 4.78 is 6.00. The zero-order valence-corrected chi connectivity index (χ0v) is 19.2. The number of fused-ring (bicyclic) bond motifs is 2. The Labute approximate surface area is 182 Å². The smallest absolute Gasteiger partial charge is 0.231 e. The van der Waals surface area contributed by atoms with E-state index >= 15 is 0 Å². The van der Waals surface area contributed by atoms with E-state index < -0.39 is 0 Å². The highest BCUT2D eigenvalue weighted by Gasteiger charge is 2.50. The van der Waals surface area contributed by atoms with Crippen LogP contribution in [0.15, 0.2) is 4.52 Å². The normalized spacial score (nSPS) is 44.7. The molecule has 1 aromatic heterocycles. The van der Waals surface area contributed by atoms with E-state index in [2.05, 4.69) is 33.0 Å². The first-order valence-corrected chi connectivity index (χ1v) is 12.8. The Kier molecular flexibility index (Phi) is 5.79. The molecule has 4 fully saturated rings. The van der Waals surface area contributed by atoms with Crippen LogP contribution in [0.3, 0.4) is 0 Å². The lowest BCUT2D eigenvalue weighted by Crippen LogP contribution is -2.47. The first-order valence-electron chi connectivity index (χ1n) is 11.4. The third-order valence-electron chi connectivity index (χ3n) is 8.39. The van der Waals surface area contributed by atoms with Gasteiger partial charge < -0.3 is 4.52 Å². The summed E-state index contributed by atoms with van der Waals surface area (Å²) in [6, 6.07) is 1.32. The van der Waals surface area contributed by atoms with Crippen LogP contribution in [0.25, 0.3) is 0 Å². The molecule has 4 nitrogen and oxygen atoms in total. The average molecular weight is 471 g/mol. The van der Waals surface area contributed by atoms with Gasteiger partial charge in [-0.15, -0.1) is 11.6 Å². The molecule has 28 heavy (non-hydrogen) atoms. The van der Waals surface area contributed by atoms with Crippen LogP contribution in [0.2, 0.25) is 0 Å². The third-order valence-corrected chi connectivity index (χ3v) is 9.74. The summed E-state index contributed by atoms with van der Waals surface area (Å²) in [4.78, 5) is 8.33. The maximum atomic E-state index is 6.41. The van der Waals surface area contributed by atoms with Crippen LogP contribution in [0.1, 0.15) is 94.2 Å². The van der Waals surface area contributed by atoms with E-state index in [1.54, 1.807) is 0 Å². The van der Waals surface area contributed by atoms with Gasteiger partial charge in [0.05, 0.1) is 5.92 Å². The van der Waals surface area contributed by atoms with E-state index in [1.165, 1.54) is 70.6 Å². The highest BCUT2D eigenvalue weighted by molar-refractivity contribution is 9.09. The maximum Gasteiger partial charge on any atom is 0.231 e. The molecule has 3 heterocycles. The van der Waals surface area contributed by atoms with Crippen molar-refractivity contribution in [1.82, 2.24) is 15.0 Å². The summed E-state index contributed by atoms with van der Waals surface area (Å²) in [6.45, 7) is 0. The Morgan fingerprint density at radius 1 is 1.00 bits per heavy atom. The molecule has 2 aliphatic heterocycles. The molecular formula is C22H33BrClN3O. The number of likely N-dealkylation sites (N-methyl/N-ethyl adjacent to an activating group) is 1. The fourth-order valence-electron chi connectivity index (χ4n) is 6.70. The number of alkyl halides is 2. The van der Waals surface area contributed by atoms with Crippen LogP contribution >= 0.6 is 27.5 Å². The fraction of sp³-hybridized carbons (Fsp3) is 0.909. The van der Waals surface area contributed by atoms with Gasteiger partial charge in [-0.05, 0) is 89.5 Å². The number of aromatic nitrogens is 2. The topological polar surface area (TPSA) is 42.2 Å². The molecule has 0 aromatic carbocycles. The van der Waals surface area contributed by atoms with E-state index in [0.717, 1.165) is 23.7 Å². The highest BCUT2D eigenvalue weighted by atomic mass is 79.9. The Morgan fingerprint density at radius 2 is 1.75 bits per heavy atom. The summed E-state index contributed by atoms with van der Waals surface area (Å²) in [5, 5.41) is 4.88. The first-order chi connectivity index (χ1) is 13.6. The molecule has 2 bridgehead atoms. The lowest BCUT2D eigenvalue weighted by molar-refractivity contribution is 0.0497. The second-order valence-electron chi connectivity index (χ2n) is 9.84. The molecule has 4 aliphatic rings. The number of piperidine rings is 1. The van der Waals surface area contributed by atoms with Crippen molar-refractivity contribution in [3.63, 3.8) is 0 Å². The van der Waals surface area contributed by atoms with Crippen LogP contribution in [0.4, 0.5) is 0 Å². The van der Waals surface area contributed by atoms with Crippen LogP contribution in [0.5, 0.6) is 0 Å². The Hall–Kier alpha value is -0.130. The summed E-state index contributed by atoms with van der Waals surface area (Å²) >= 11 is 10.2. The van der Waals surface area contributed by atoms with Crippen LogP contribution < -0.4 is 0 Å². The number of halogens is 2. The molecule has 2 saturated heterocycles. The second kappa shape index (κ2) is 8.19. The van der Waals surface area contributed by atoms with Crippen LogP contribution in [-0.2, 0) is 0 Å². The first kappa shape index (κ1) is 19.8. The molecule has 1 aromatic rings. The predicted molar refractivity (Wildman–Crippen MR) is 115 cm³/mol. The molecule has 4 atom stereocenters. The Bertz CT molecular complexity index is 668. The number of hydrogen-bond acceptors (Lipinski definition) is 4. The SMILES string of the molecule is CN1C2CCC1C(c1nc(C3CCC(Br)CC3)no1)[C@@H](C1CCC(Cl)CC1)C2. The molecule has 6 heteroatoms. The molecule has 2 saturated carbocycles. The van der Waals surface area contributed by atoms with Crippen molar-refractivity contribution in [2.24, 2.45) is 11.8 Å². The lowest BCUT2D eigenvalue weighted by Gasteiger charge is -2.45. The fourth-order valence-corrected chi connectivity index (χ4v) is 7.48. The number of hydrogen-bond donors (Lipinski definition) is 0. The van der Waals surface area contributed by atoms with Crippen molar-refractivity contribution in [2.45, 2.75) is 105 Å². The van der Waals surface area contributed by atoms with Gasteiger partial charge in [-0.25, -0.2) is 0 Å². The molecule has 2 aliphatic carbocycles. The van der Waals surface area contributed by atoms with Crippen molar-refractivity contribution in [3.8, 4) is 0 Å². The van der Waals surface area contributed by atoms with Crippen molar-refractivity contribution in [2.75, 3.05) is 7.05 Å². The molecule has 0 radical (unpaired) electrons. The zero-order valence-electron chi connectivity index (χ0n) is 16.9. The minimum absolute atomic E-state index is 0.386. The molecule has 0 N–H and O–H groups in total. The van der Waals surface area contributed by atoms with E-state index in [1.807, 2.05) is 0 Å². The molecular weight excluding hydrogens is 438 g/mol. The summed E-state index contributed by atoms with van der Waals surface area (Å²) in [5.74, 6) is 4.26. The number of nitrogens with zero attached hydrogens (tertiary/aromatic N) is 3. The zero-order chi connectivity index (χ0) is 19.3. The second-order valence-corrected chi connectivity index (χ2v) is 11.8. The largest absolute Gasteiger partial charge is 0.339 e. The van der Waals surface area contributed by atoms with Crippen molar-refractivity contribution >= 4 is 27.5 Å². The van der Waals surface area contributed by atoms with Gasteiger partial charge in [-0.2, -0.15) is 4.98 Å². The minimum atomic E-state index is 0.386. The van der Waals surface area contributed by atoms with Gasteiger partial charge in [0.1, 0.15) is 0 Å². The molecule has 0 amide bonds. The third kappa shape index (κ3) is 3.69. The van der Waals surface area contributed by atoms with Gasteiger partial charge in [-0.1, -0.05) is 21.1 Å². The number of rotatable bonds is 3. The van der Waals surface area contributed by atoms with Crippen molar-refractivity contribution in [3.05, 3.63) is 11.7 Å². The van der Waals surface area contributed by atoms with Gasteiger partial charge in [0, 0.05) is 28.2 Å². The van der Waals surface area contributed by atoms with E-state index in [4.69, 9.17) is 21.1 Å². The predicted octanol–water partition coefficient (Wildman–Crippen LogP) is 5.85. The van der Waals surface area contributed by atoms with Crippen LogP contribution in [-0.4, -0.2) is 44.4 Å². The Morgan fingerprint density at radius 3 is 2.50 bits per heavy atom. The van der Waals surface area contributed by atoms with Gasteiger partial charge in [0.25, 0.3) is 0 Å². The Balaban J connectivity index is 1.39. The summed E-state index contributed by atoms with van der Waals surface area (Å²) in [5.41, 5.74) is 0. The quantitative estimate of drug-likeness (QED) is 0.519. The van der Waals surface area contributed by atoms with Gasteiger partial charge >= 0.3 is 0 Å². The molecule has 3 unspecified atom stereocenters. The molecule has 156 valence electrons. The average Bonchev–Trinajstić information content (AvgIpc) is 3.26. The molecule has 0 spiro atoms. The van der Waals surface area contributed by atoms with E-state index in [9.17, 15) is 0 Å². The standard InChI is InChI=1S/C22H33BrClN3O/c1-27-17-10-11-19(27)20(18(12-17)13-4-8-16(24)9-5-13)22-25-21(26-28-22)14-2-6-15(23)7-3-14/h13-20H,2-12H2,1H3/t13?,14?,15?,16?,17?,18-,19?,20?/m1/s1. The highest BCUT2D eigenvalue weighted by Crippen LogP contribution is 2.52. The maximum absolute atomic E-state index is 6.41. The van der Waals surface area contributed by atoms with Crippen LogP contribution in [0, 0.1) is 11.8 Å². The van der Waals surface area contributed by atoms with E-state index in [0.29, 0.717) is 34.0 Å². The summed E-state index contributed by atoms with van der Waals surface area (Å²) in [6.07, 6.45) is 13.6. The lowest BCUT2D eigenvalue weighted by atomic mass is 9.68. The van der Waals surface area contributed by atoms with Crippen molar-refractivity contribution < 1.29 is 4.52 Å². The minimum Gasteiger partial charge on any atom is -0.339 e. The van der Waals surface area contributed by atoms with Gasteiger partial charge in [0.15, 0.2) is 5.82 Å². The molecule has 5 rings (SSSR count). The van der Waals surface area contributed by atoms with Gasteiger partial charge in [0.2, 0.25) is 5.89 Å². The van der Waals surface area contributed by atoms with Crippen molar-refractivity contribution in [1.29, 1.82) is 0 Å². The summed E-state index contributed by atoms with van der Waals surface area (Å²) in [7, 11) is 2.32.